The summed E-state index contributed by atoms with van der Waals surface area (Å²) in [7, 11) is 0. The van der Waals surface area contributed by atoms with Gasteiger partial charge in [0, 0.05) is 47.8 Å². The molecule has 44 heavy (non-hydrogen) atoms. The van der Waals surface area contributed by atoms with Gasteiger partial charge in [0.1, 0.15) is 12.0 Å². The molecule has 9 rings (SSSR count). The lowest BCUT2D eigenvalue weighted by Gasteiger charge is -2.24. The van der Waals surface area contributed by atoms with E-state index < -0.39 is 0 Å². The molecule has 1 aliphatic heterocycles. The van der Waals surface area contributed by atoms with Crippen LogP contribution < -0.4 is 5.32 Å². The summed E-state index contributed by atoms with van der Waals surface area (Å²) in [5.41, 5.74) is 6.62. The molecule has 0 saturated heterocycles. The number of aliphatic imine (C=N–C) groups is 2. The number of hydrogen-bond donors (Lipinski definition) is 1. The smallest absolute Gasteiger partial charge is 0.159 e. The monoisotopic (exact) mass is 582 g/mol. The lowest BCUT2D eigenvalue weighted by atomic mass is 10.1. The number of thiophene rings is 1. The molecule has 0 spiro atoms. The number of para-hydroxylation sites is 1. The molecule has 0 amide bonds. The van der Waals surface area contributed by atoms with Crippen molar-refractivity contribution in [3.63, 3.8) is 0 Å². The Balaban J connectivity index is 1.22. The SMILES string of the molecule is c1ccc(C2=NC(c3cccc(-n4c5ccccc5c5c6sc7ccccc7c6ccc54)c3)NC(c3ccccc3)=N2)cc1. The van der Waals surface area contributed by atoms with E-state index in [4.69, 9.17) is 9.98 Å². The van der Waals surface area contributed by atoms with Gasteiger partial charge in [-0.05, 0) is 35.9 Å². The van der Waals surface area contributed by atoms with E-state index in [0.29, 0.717) is 0 Å². The molecule has 1 atom stereocenters. The molecule has 3 heterocycles. The molecule has 1 N–H and O–H groups in total. The third-order valence-electron chi connectivity index (χ3n) is 8.45. The summed E-state index contributed by atoms with van der Waals surface area (Å²) >= 11 is 1.88. The number of nitrogens with zero attached hydrogens (tertiary/aromatic N) is 3. The van der Waals surface area contributed by atoms with Crippen LogP contribution in [-0.4, -0.2) is 16.2 Å². The van der Waals surface area contributed by atoms with Crippen molar-refractivity contribution in [1.82, 2.24) is 9.88 Å². The summed E-state index contributed by atoms with van der Waals surface area (Å²) in [6.45, 7) is 0. The Morgan fingerprint density at radius 2 is 1.32 bits per heavy atom. The van der Waals surface area contributed by atoms with Gasteiger partial charge in [-0.15, -0.1) is 11.3 Å². The summed E-state index contributed by atoms with van der Waals surface area (Å²) in [5.74, 6) is 1.54. The summed E-state index contributed by atoms with van der Waals surface area (Å²) in [5, 5.41) is 8.84. The Bertz CT molecular complexity index is 2420. The van der Waals surface area contributed by atoms with Crippen molar-refractivity contribution < 1.29 is 0 Å². The van der Waals surface area contributed by atoms with Crippen LogP contribution in [0.5, 0.6) is 0 Å². The number of fused-ring (bicyclic) bond motifs is 7. The van der Waals surface area contributed by atoms with Crippen molar-refractivity contribution in [1.29, 1.82) is 0 Å². The predicted octanol–water partition coefficient (Wildman–Crippen LogP) is 9.65. The summed E-state index contributed by atoms with van der Waals surface area (Å²) < 4.78 is 5.05. The average Bonchev–Trinajstić information content (AvgIpc) is 3.65. The van der Waals surface area contributed by atoms with Gasteiger partial charge in [-0.1, -0.05) is 115 Å². The molecule has 8 aromatic rings. The summed E-state index contributed by atoms with van der Waals surface area (Å²) in [6, 6.07) is 51.3. The minimum absolute atomic E-state index is 0.291. The molecular weight excluding hydrogens is 557 g/mol. The normalized spacial score (nSPS) is 15.0. The molecule has 0 fully saturated rings. The minimum atomic E-state index is -0.291. The van der Waals surface area contributed by atoms with Gasteiger partial charge in [-0.2, -0.15) is 0 Å². The predicted molar refractivity (Wildman–Crippen MR) is 186 cm³/mol. The van der Waals surface area contributed by atoms with Crippen LogP contribution in [-0.2, 0) is 0 Å². The van der Waals surface area contributed by atoms with Crippen LogP contribution in [0, 0.1) is 0 Å². The zero-order valence-corrected chi connectivity index (χ0v) is 24.5. The van der Waals surface area contributed by atoms with Crippen molar-refractivity contribution >= 4 is 65.0 Å². The quantitative estimate of drug-likeness (QED) is 0.221. The van der Waals surface area contributed by atoms with Crippen LogP contribution in [0.1, 0.15) is 22.9 Å². The lowest BCUT2D eigenvalue weighted by molar-refractivity contribution is 0.674. The molecular formula is C39H26N4S. The first-order valence-electron chi connectivity index (χ1n) is 14.8. The van der Waals surface area contributed by atoms with E-state index in [1.807, 2.05) is 47.7 Å². The Morgan fingerprint density at radius 3 is 2.16 bits per heavy atom. The molecule has 0 saturated carbocycles. The van der Waals surface area contributed by atoms with Crippen molar-refractivity contribution in [3.05, 3.63) is 162 Å². The van der Waals surface area contributed by atoms with Crippen LogP contribution in [0.2, 0.25) is 0 Å². The van der Waals surface area contributed by atoms with E-state index in [-0.39, 0.29) is 6.17 Å². The maximum Gasteiger partial charge on any atom is 0.159 e. The average molecular weight is 583 g/mol. The fourth-order valence-corrected chi connectivity index (χ4v) is 7.69. The van der Waals surface area contributed by atoms with Crippen LogP contribution in [0.4, 0.5) is 0 Å². The number of benzene rings is 6. The van der Waals surface area contributed by atoms with Gasteiger partial charge in [-0.25, -0.2) is 9.98 Å². The van der Waals surface area contributed by atoms with Crippen LogP contribution >= 0.6 is 11.3 Å². The fraction of sp³-hybridized carbons (Fsp3) is 0.0256. The Hall–Kier alpha value is -5.52. The van der Waals surface area contributed by atoms with Crippen LogP contribution in [0.3, 0.4) is 0 Å². The number of nitrogens with one attached hydrogen (secondary N) is 1. The van der Waals surface area contributed by atoms with Crippen molar-refractivity contribution in [3.8, 4) is 5.69 Å². The Morgan fingerprint density at radius 1 is 0.591 bits per heavy atom. The highest BCUT2D eigenvalue weighted by Crippen LogP contribution is 2.43. The largest absolute Gasteiger partial charge is 0.344 e. The summed E-state index contributed by atoms with van der Waals surface area (Å²) in [6.07, 6.45) is -0.291. The molecule has 0 radical (unpaired) electrons. The maximum atomic E-state index is 5.12. The minimum Gasteiger partial charge on any atom is -0.344 e. The van der Waals surface area contributed by atoms with Gasteiger partial charge in [-0.3, -0.25) is 0 Å². The highest BCUT2D eigenvalue weighted by atomic mass is 32.1. The highest BCUT2D eigenvalue weighted by molar-refractivity contribution is 7.26. The van der Waals surface area contributed by atoms with Crippen molar-refractivity contribution in [2.45, 2.75) is 6.17 Å². The molecule has 1 unspecified atom stereocenters. The zero-order valence-electron chi connectivity index (χ0n) is 23.7. The molecule has 0 aliphatic carbocycles. The molecule has 2 aromatic heterocycles. The zero-order chi connectivity index (χ0) is 29.0. The Kier molecular flexibility index (Phi) is 5.71. The van der Waals surface area contributed by atoms with Crippen LogP contribution in [0.25, 0.3) is 47.7 Å². The first-order valence-corrected chi connectivity index (χ1v) is 15.6. The van der Waals surface area contributed by atoms with Gasteiger partial charge < -0.3 is 9.88 Å². The van der Waals surface area contributed by atoms with Gasteiger partial charge in [0.2, 0.25) is 0 Å². The third-order valence-corrected chi connectivity index (χ3v) is 9.65. The topological polar surface area (TPSA) is 41.7 Å². The van der Waals surface area contributed by atoms with Crippen molar-refractivity contribution in [2.75, 3.05) is 0 Å². The number of rotatable bonds is 4. The number of hydrogen-bond acceptors (Lipinski definition) is 4. The molecule has 4 nitrogen and oxygen atoms in total. The highest BCUT2D eigenvalue weighted by Gasteiger charge is 2.22. The van der Waals surface area contributed by atoms with Gasteiger partial charge in [0.15, 0.2) is 5.84 Å². The second kappa shape index (κ2) is 10.0. The molecule has 5 heteroatoms. The third kappa shape index (κ3) is 3.98. The second-order valence-corrected chi connectivity index (χ2v) is 12.1. The van der Waals surface area contributed by atoms with Crippen molar-refractivity contribution in [2.24, 2.45) is 9.98 Å². The lowest BCUT2D eigenvalue weighted by Crippen LogP contribution is -2.33. The second-order valence-electron chi connectivity index (χ2n) is 11.1. The van der Waals surface area contributed by atoms with Gasteiger partial charge in [0.25, 0.3) is 0 Å². The van der Waals surface area contributed by atoms with Gasteiger partial charge >= 0.3 is 0 Å². The van der Waals surface area contributed by atoms with E-state index in [1.54, 1.807) is 0 Å². The molecule has 0 bridgehead atoms. The standard InChI is InChI=1S/C39H26N4S/c1-3-12-25(13-4-1)37-40-38(26-14-5-2-6-15-26)42-39(41-37)27-16-11-17-28(24-27)43-32-20-9-7-19-31(32)35-33(43)23-22-30-29-18-8-10-21-34(29)44-36(30)35/h1-24,39H,(H,40,41,42). The van der Waals surface area contributed by atoms with Crippen LogP contribution in [0.15, 0.2) is 156 Å². The Labute approximate surface area is 258 Å². The maximum absolute atomic E-state index is 5.12. The molecule has 208 valence electrons. The van der Waals surface area contributed by atoms with E-state index in [1.165, 1.54) is 42.0 Å². The fourth-order valence-electron chi connectivity index (χ4n) is 6.43. The molecule has 6 aromatic carbocycles. The number of aromatic nitrogens is 1. The van der Waals surface area contributed by atoms with E-state index in [0.717, 1.165) is 34.0 Å². The van der Waals surface area contributed by atoms with E-state index in [9.17, 15) is 0 Å². The molecule has 1 aliphatic rings. The first-order chi connectivity index (χ1) is 21.8. The van der Waals surface area contributed by atoms with E-state index >= 15 is 0 Å². The van der Waals surface area contributed by atoms with E-state index in [2.05, 4.69) is 119 Å². The first kappa shape index (κ1) is 25.0. The number of amidine groups is 2. The van der Waals surface area contributed by atoms with Gasteiger partial charge in [0.05, 0.1) is 11.0 Å². The summed E-state index contributed by atoms with van der Waals surface area (Å²) in [4.78, 5) is 10.1.